The quantitative estimate of drug-likeness (QED) is 0.596. The van der Waals surface area contributed by atoms with Crippen molar-refractivity contribution in [2.75, 3.05) is 14.1 Å². The molecule has 0 atom stereocenters. The zero-order valence-corrected chi connectivity index (χ0v) is 9.27. The molecule has 0 aromatic rings. The summed E-state index contributed by atoms with van der Waals surface area (Å²) in [5, 5.41) is 0. The van der Waals surface area contributed by atoms with Gasteiger partial charge in [-0.25, -0.2) is 0 Å². The molecule has 0 bridgehead atoms. The minimum absolute atomic E-state index is 0.0428. The lowest BCUT2D eigenvalue weighted by Gasteiger charge is -2.08. The van der Waals surface area contributed by atoms with Crippen LogP contribution in [0.1, 0.15) is 33.6 Å². The van der Waals surface area contributed by atoms with Gasteiger partial charge in [0.05, 0.1) is 0 Å². The van der Waals surface area contributed by atoms with Gasteiger partial charge < -0.3 is 4.90 Å². The van der Waals surface area contributed by atoms with Crippen LogP contribution in [0, 0.1) is 17.3 Å². The SMILES string of the molecule is CN(C)C(=O)CCC#CC(C)(C)C. The Morgan fingerprint density at radius 3 is 2.23 bits per heavy atom. The van der Waals surface area contributed by atoms with Crippen molar-refractivity contribution in [3.63, 3.8) is 0 Å². The van der Waals surface area contributed by atoms with E-state index in [2.05, 4.69) is 32.6 Å². The van der Waals surface area contributed by atoms with E-state index in [1.54, 1.807) is 19.0 Å². The van der Waals surface area contributed by atoms with E-state index in [0.29, 0.717) is 12.8 Å². The Morgan fingerprint density at radius 1 is 1.31 bits per heavy atom. The summed E-state index contributed by atoms with van der Waals surface area (Å²) in [7, 11) is 3.53. The molecule has 0 fully saturated rings. The fourth-order valence-electron chi connectivity index (χ4n) is 0.721. The van der Waals surface area contributed by atoms with Crippen LogP contribution in [-0.2, 0) is 4.79 Å². The highest BCUT2D eigenvalue weighted by Gasteiger charge is 2.04. The maximum atomic E-state index is 11.1. The molecule has 0 aliphatic rings. The van der Waals surface area contributed by atoms with Crippen molar-refractivity contribution in [1.82, 2.24) is 4.90 Å². The molecule has 1 amide bonds. The summed E-state index contributed by atoms with van der Waals surface area (Å²) in [6, 6.07) is 0. The van der Waals surface area contributed by atoms with Gasteiger partial charge in [-0.2, -0.15) is 0 Å². The number of nitrogens with zero attached hydrogens (tertiary/aromatic N) is 1. The first kappa shape index (κ1) is 12.0. The highest BCUT2D eigenvalue weighted by molar-refractivity contribution is 5.75. The maximum absolute atomic E-state index is 11.1. The summed E-state index contributed by atoms with van der Waals surface area (Å²) >= 11 is 0. The topological polar surface area (TPSA) is 20.3 Å². The van der Waals surface area contributed by atoms with Crippen LogP contribution in [0.5, 0.6) is 0 Å². The van der Waals surface area contributed by atoms with Gasteiger partial charge in [-0.1, -0.05) is 5.92 Å². The largest absolute Gasteiger partial charge is 0.349 e. The summed E-state index contributed by atoms with van der Waals surface area (Å²) in [6.45, 7) is 6.19. The van der Waals surface area contributed by atoms with Crippen molar-refractivity contribution < 1.29 is 4.79 Å². The number of hydrogen-bond acceptors (Lipinski definition) is 1. The fourth-order valence-corrected chi connectivity index (χ4v) is 0.721. The van der Waals surface area contributed by atoms with Gasteiger partial charge in [-0.15, -0.1) is 5.92 Å². The average molecular weight is 181 g/mol. The van der Waals surface area contributed by atoms with Crippen molar-refractivity contribution in [2.45, 2.75) is 33.6 Å². The monoisotopic (exact) mass is 181 g/mol. The summed E-state index contributed by atoms with van der Waals surface area (Å²) in [5.74, 6) is 6.25. The molecule has 2 heteroatoms. The van der Waals surface area contributed by atoms with Crippen LogP contribution in [-0.4, -0.2) is 24.9 Å². The van der Waals surface area contributed by atoms with Crippen molar-refractivity contribution in [3.8, 4) is 11.8 Å². The Hall–Kier alpha value is -0.970. The highest BCUT2D eigenvalue weighted by atomic mass is 16.2. The second kappa shape index (κ2) is 4.91. The fraction of sp³-hybridized carbons (Fsp3) is 0.727. The Labute approximate surface area is 81.3 Å². The Bertz CT molecular complexity index is 225. The number of hydrogen-bond donors (Lipinski definition) is 0. The van der Waals surface area contributed by atoms with Gasteiger partial charge in [0.1, 0.15) is 0 Å². The lowest BCUT2D eigenvalue weighted by Crippen LogP contribution is -2.20. The van der Waals surface area contributed by atoms with Gasteiger partial charge in [0, 0.05) is 32.4 Å². The first-order chi connectivity index (χ1) is 5.83. The molecule has 0 heterocycles. The van der Waals surface area contributed by atoms with Crippen LogP contribution in [0.2, 0.25) is 0 Å². The molecule has 0 rings (SSSR count). The highest BCUT2D eigenvalue weighted by Crippen LogP contribution is 2.10. The lowest BCUT2D eigenvalue weighted by atomic mass is 9.98. The minimum atomic E-state index is 0.0428. The molecular weight excluding hydrogens is 162 g/mol. The van der Waals surface area contributed by atoms with Crippen LogP contribution >= 0.6 is 0 Å². The zero-order chi connectivity index (χ0) is 10.5. The zero-order valence-electron chi connectivity index (χ0n) is 9.27. The molecular formula is C11H19NO. The molecule has 74 valence electrons. The van der Waals surface area contributed by atoms with Gasteiger partial charge in [-0.05, 0) is 20.8 Å². The molecule has 0 aliphatic carbocycles. The van der Waals surface area contributed by atoms with Crippen molar-refractivity contribution in [1.29, 1.82) is 0 Å². The third kappa shape index (κ3) is 7.39. The summed E-state index contributed by atoms with van der Waals surface area (Å²) < 4.78 is 0. The van der Waals surface area contributed by atoms with Gasteiger partial charge in [0.25, 0.3) is 0 Å². The maximum Gasteiger partial charge on any atom is 0.223 e. The van der Waals surface area contributed by atoms with Gasteiger partial charge in [0.15, 0.2) is 0 Å². The van der Waals surface area contributed by atoms with Gasteiger partial charge >= 0.3 is 0 Å². The standard InChI is InChI=1S/C11H19NO/c1-11(2,3)9-7-6-8-10(13)12(4)5/h6,8H2,1-5H3. The lowest BCUT2D eigenvalue weighted by molar-refractivity contribution is -0.128. The number of amides is 1. The predicted molar refractivity (Wildman–Crippen MR) is 55.2 cm³/mol. The summed E-state index contributed by atoms with van der Waals surface area (Å²) in [6.07, 6.45) is 1.18. The third-order valence-electron chi connectivity index (χ3n) is 1.43. The molecule has 0 aromatic carbocycles. The van der Waals surface area contributed by atoms with Crippen LogP contribution < -0.4 is 0 Å². The van der Waals surface area contributed by atoms with Gasteiger partial charge in [0.2, 0.25) is 5.91 Å². The molecule has 13 heavy (non-hydrogen) atoms. The number of carbonyl (C=O) groups is 1. The Morgan fingerprint density at radius 2 is 1.85 bits per heavy atom. The normalized spacial score (nSPS) is 10.2. The number of rotatable bonds is 2. The van der Waals surface area contributed by atoms with E-state index < -0.39 is 0 Å². The minimum Gasteiger partial charge on any atom is -0.349 e. The molecule has 0 spiro atoms. The van der Waals surface area contributed by atoms with Crippen molar-refractivity contribution in [2.24, 2.45) is 5.41 Å². The first-order valence-corrected chi connectivity index (χ1v) is 4.53. The van der Waals surface area contributed by atoms with Crippen molar-refractivity contribution in [3.05, 3.63) is 0 Å². The molecule has 0 aliphatic heterocycles. The predicted octanol–water partition coefficient (Wildman–Crippen LogP) is 1.90. The smallest absolute Gasteiger partial charge is 0.223 e. The number of carbonyl (C=O) groups excluding carboxylic acids is 1. The Balaban J connectivity index is 3.79. The molecule has 0 saturated heterocycles. The van der Waals surface area contributed by atoms with E-state index in [1.807, 2.05) is 0 Å². The second-order valence-corrected chi connectivity index (χ2v) is 4.34. The van der Waals surface area contributed by atoms with E-state index >= 15 is 0 Å². The summed E-state index contributed by atoms with van der Waals surface area (Å²) in [5.41, 5.74) is 0.0428. The average Bonchev–Trinajstić information content (AvgIpc) is 1.95. The van der Waals surface area contributed by atoms with E-state index in [4.69, 9.17) is 0 Å². The van der Waals surface area contributed by atoms with Crippen LogP contribution in [0.15, 0.2) is 0 Å². The summed E-state index contributed by atoms with van der Waals surface area (Å²) in [4.78, 5) is 12.7. The van der Waals surface area contributed by atoms with Crippen LogP contribution in [0.25, 0.3) is 0 Å². The van der Waals surface area contributed by atoms with Crippen LogP contribution in [0.4, 0.5) is 0 Å². The van der Waals surface area contributed by atoms with E-state index in [-0.39, 0.29) is 11.3 Å². The molecule has 0 unspecified atom stereocenters. The molecule has 2 nitrogen and oxygen atoms in total. The van der Waals surface area contributed by atoms with E-state index in [1.165, 1.54) is 0 Å². The van der Waals surface area contributed by atoms with Crippen molar-refractivity contribution >= 4 is 5.91 Å². The first-order valence-electron chi connectivity index (χ1n) is 4.53. The van der Waals surface area contributed by atoms with E-state index in [9.17, 15) is 4.79 Å². The molecule has 0 N–H and O–H groups in total. The molecule has 0 aromatic heterocycles. The van der Waals surface area contributed by atoms with E-state index in [0.717, 1.165) is 0 Å². The Kier molecular flexibility index (Phi) is 4.55. The third-order valence-corrected chi connectivity index (χ3v) is 1.43. The molecule has 0 saturated carbocycles. The second-order valence-electron chi connectivity index (χ2n) is 4.34. The van der Waals surface area contributed by atoms with Gasteiger partial charge in [-0.3, -0.25) is 4.79 Å². The van der Waals surface area contributed by atoms with Crippen LogP contribution in [0.3, 0.4) is 0 Å². The molecule has 0 radical (unpaired) electrons.